The normalized spacial score (nSPS) is 11.0. The van der Waals surface area contributed by atoms with E-state index in [-0.39, 0.29) is 17.0 Å². The number of amides is 1. The van der Waals surface area contributed by atoms with E-state index < -0.39 is 10.8 Å². The van der Waals surface area contributed by atoms with E-state index in [0.29, 0.717) is 9.13 Å². The number of nitrogens with zero attached hydrogens (tertiary/aromatic N) is 3. The molecule has 3 aromatic carbocycles. The minimum Gasteiger partial charge on any atom is -0.506 e. The molecule has 1 amide bonds. The van der Waals surface area contributed by atoms with Crippen molar-refractivity contribution >= 4 is 40.4 Å². The highest BCUT2D eigenvalue weighted by Crippen LogP contribution is 2.29. The lowest BCUT2D eigenvalue weighted by Gasteiger charge is -2.12. The molecule has 0 unspecified atom stereocenters. The Morgan fingerprint density at radius 2 is 1.79 bits per heavy atom. The third-order valence-corrected chi connectivity index (χ3v) is 6.01. The fourth-order valence-corrected chi connectivity index (χ4v) is 4.14. The fourth-order valence-electron chi connectivity index (χ4n) is 3.51. The van der Waals surface area contributed by atoms with Gasteiger partial charge in [0.25, 0.3) is 11.6 Å². The fraction of sp³-hybridized carbons (Fsp3) is 0.0400. The lowest BCUT2D eigenvalue weighted by Crippen LogP contribution is -2.17. The van der Waals surface area contributed by atoms with Gasteiger partial charge in [-0.15, -0.1) is 0 Å². The predicted octanol–water partition coefficient (Wildman–Crippen LogP) is 5.44. The zero-order valence-electron chi connectivity index (χ0n) is 18.0. The molecule has 0 bridgehead atoms. The van der Waals surface area contributed by atoms with Crippen molar-refractivity contribution in [2.75, 3.05) is 0 Å². The number of phenolic OH excluding ortho intramolecular Hbond substituents is 1. The minimum atomic E-state index is -0.561. The molecule has 4 aromatic rings. The van der Waals surface area contributed by atoms with Crippen LogP contribution in [0.3, 0.4) is 0 Å². The summed E-state index contributed by atoms with van der Waals surface area (Å²) >= 11 is 1.79. The van der Waals surface area contributed by atoms with E-state index >= 15 is 0 Å². The first kappa shape index (κ1) is 23.2. The highest BCUT2D eigenvalue weighted by molar-refractivity contribution is 14.1. The van der Waals surface area contributed by atoms with Gasteiger partial charge in [-0.2, -0.15) is 5.10 Å². The maximum atomic E-state index is 12.5. The number of hydrazone groups is 1. The lowest BCUT2D eigenvalue weighted by molar-refractivity contribution is -0.385. The standard InChI is InChI=1S/C25H19IN4O4/c1-16-7-12-23(17-5-3-2-4-6-17)29(16)20-10-8-18(9-11-20)25(32)28-27-15-19-13-21(30(33)34)14-22(26)24(19)31/h2-15,31H,1H3,(H,28,32)/b27-15+. The number of halogens is 1. The number of aryl methyl sites for hydroxylation is 1. The Morgan fingerprint density at radius 1 is 1.09 bits per heavy atom. The number of nitro groups is 1. The van der Waals surface area contributed by atoms with Gasteiger partial charge in [-0.05, 0) is 71.5 Å². The second kappa shape index (κ2) is 9.87. The molecular formula is C25H19IN4O4. The minimum absolute atomic E-state index is 0.130. The first-order valence-electron chi connectivity index (χ1n) is 10.2. The van der Waals surface area contributed by atoms with Crippen LogP contribution in [0.2, 0.25) is 0 Å². The van der Waals surface area contributed by atoms with E-state index in [1.807, 2.05) is 55.5 Å². The molecule has 9 heteroatoms. The van der Waals surface area contributed by atoms with Crippen molar-refractivity contribution in [3.63, 3.8) is 0 Å². The second-order valence-corrected chi connectivity index (χ2v) is 8.59. The Balaban J connectivity index is 1.51. The van der Waals surface area contributed by atoms with Gasteiger partial charge in [0.05, 0.1) is 20.4 Å². The summed E-state index contributed by atoms with van der Waals surface area (Å²) in [5, 5.41) is 25.0. The zero-order valence-corrected chi connectivity index (χ0v) is 20.1. The zero-order chi connectivity index (χ0) is 24.2. The van der Waals surface area contributed by atoms with Gasteiger partial charge < -0.3 is 9.67 Å². The van der Waals surface area contributed by atoms with Gasteiger partial charge in [-0.3, -0.25) is 14.9 Å². The number of aromatic nitrogens is 1. The number of nitrogens with one attached hydrogen (secondary N) is 1. The molecule has 170 valence electrons. The van der Waals surface area contributed by atoms with Gasteiger partial charge in [-0.25, -0.2) is 5.43 Å². The monoisotopic (exact) mass is 566 g/mol. The van der Waals surface area contributed by atoms with Crippen LogP contribution in [0.5, 0.6) is 5.75 Å². The highest BCUT2D eigenvalue weighted by Gasteiger charge is 2.14. The average Bonchev–Trinajstić information content (AvgIpc) is 3.23. The molecule has 2 N–H and O–H groups in total. The lowest BCUT2D eigenvalue weighted by atomic mass is 10.1. The first-order valence-corrected chi connectivity index (χ1v) is 11.3. The molecule has 0 saturated heterocycles. The number of hydrogen-bond donors (Lipinski definition) is 2. The van der Waals surface area contributed by atoms with Crippen molar-refractivity contribution in [3.8, 4) is 22.7 Å². The van der Waals surface area contributed by atoms with Gasteiger partial charge in [0.1, 0.15) is 5.75 Å². The summed E-state index contributed by atoms with van der Waals surface area (Å²) in [5.41, 5.74) is 6.84. The number of phenols is 1. The summed E-state index contributed by atoms with van der Waals surface area (Å²) in [7, 11) is 0. The van der Waals surface area contributed by atoms with E-state index in [4.69, 9.17) is 0 Å². The van der Waals surface area contributed by atoms with Crippen LogP contribution in [-0.2, 0) is 0 Å². The summed E-state index contributed by atoms with van der Waals surface area (Å²) in [5.74, 6) is -0.597. The number of benzene rings is 3. The molecule has 0 radical (unpaired) electrons. The van der Waals surface area contributed by atoms with Crippen LogP contribution in [-0.4, -0.2) is 26.7 Å². The number of nitro benzene ring substituents is 1. The van der Waals surface area contributed by atoms with Crippen LogP contribution in [0.4, 0.5) is 5.69 Å². The molecule has 0 aliphatic rings. The number of carbonyl (C=O) groups is 1. The summed E-state index contributed by atoms with van der Waals surface area (Å²) < 4.78 is 2.42. The molecule has 0 atom stereocenters. The van der Waals surface area contributed by atoms with Crippen LogP contribution < -0.4 is 5.43 Å². The molecule has 0 aliphatic carbocycles. The van der Waals surface area contributed by atoms with Crippen LogP contribution in [0, 0.1) is 20.6 Å². The van der Waals surface area contributed by atoms with Crippen LogP contribution in [0.25, 0.3) is 16.9 Å². The smallest absolute Gasteiger partial charge is 0.271 e. The summed E-state index contributed by atoms with van der Waals surface area (Å²) in [6.07, 6.45) is 1.17. The van der Waals surface area contributed by atoms with E-state index in [1.165, 1.54) is 18.3 Å². The topological polar surface area (TPSA) is 110 Å². The maximum Gasteiger partial charge on any atom is 0.271 e. The van der Waals surface area contributed by atoms with Crippen molar-refractivity contribution in [2.45, 2.75) is 6.92 Å². The number of aromatic hydroxyl groups is 1. The average molecular weight is 566 g/mol. The molecule has 1 heterocycles. The molecule has 0 aliphatic heterocycles. The van der Waals surface area contributed by atoms with Gasteiger partial charge in [0, 0.05) is 34.6 Å². The van der Waals surface area contributed by atoms with Gasteiger partial charge >= 0.3 is 0 Å². The van der Waals surface area contributed by atoms with Gasteiger partial charge in [0.2, 0.25) is 0 Å². The predicted molar refractivity (Wildman–Crippen MR) is 138 cm³/mol. The van der Waals surface area contributed by atoms with Gasteiger partial charge in [-0.1, -0.05) is 30.3 Å². The van der Waals surface area contributed by atoms with Gasteiger partial charge in [0.15, 0.2) is 0 Å². The van der Waals surface area contributed by atoms with E-state index in [1.54, 1.807) is 34.7 Å². The summed E-state index contributed by atoms with van der Waals surface area (Å²) in [4.78, 5) is 23.0. The number of rotatable bonds is 6. The summed E-state index contributed by atoms with van der Waals surface area (Å²) in [6.45, 7) is 2.02. The third kappa shape index (κ3) is 4.84. The van der Waals surface area contributed by atoms with Crippen LogP contribution in [0.15, 0.2) is 84.0 Å². The SMILES string of the molecule is Cc1ccc(-c2ccccc2)n1-c1ccc(C(=O)N/N=C/c2cc([N+](=O)[O-])cc(I)c2O)cc1. The van der Waals surface area contributed by atoms with Crippen molar-refractivity contribution in [2.24, 2.45) is 5.10 Å². The second-order valence-electron chi connectivity index (χ2n) is 7.43. The Hall–Kier alpha value is -3.99. The van der Waals surface area contributed by atoms with Crippen molar-refractivity contribution in [1.82, 2.24) is 9.99 Å². The maximum absolute atomic E-state index is 12.5. The Labute approximate surface area is 208 Å². The Bertz CT molecular complexity index is 1400. The first-order chi connectivity index (χ1) is 16.3. The number of non-ortho nitro benzene ring substituents is 1. The molecule has 34 heavy (non-hydrogen) atoms. The number of carbonyl (C=O) groups excluding carboxylic acids is 1. The molecule has 4 rings (SSSR count). The summed E-state index contributed by atoms with van der Waals surface area (Å²) in [6, 6.07) is 23.7. The Kier molecular flexibility index (Phi) is 6.73. The van der Waals surface area contributed by atoms with Crippen molar-refractivity contribution in [3.05, 3.63) is 109 Å². The van der Waals surface area contributed by atoms with E-state index in [9.17, 15) is 20.0 Å². The largest absolute Gasteiger partial charge is 0.506 e. The highest BCUT2D eigenvalue weighted by atomic mass is 127. The van der Waals surface area contributed by atoms with Crippen LogP contribution in [0.1, 0.15) is 21.6 Å². The number of hydrogen-bond acceptors (Lipinski definition) is 5. The molecule has 0 spiro atoms. The Morgan fingerprint density at radius 3 is 2.47 bits per heavy atom. The van der Waals surface area contributed by atoms with Crippen molar-refractivity contribution < 1.29 is 14.8 Å². The van der Waals surface area contributed by atoms with Crippen LogP contribution >= 0.6 is 22.6 Å². The van der Waals surface area contributed by atoms with E-state index in [0.717, 1.165) is 22.6 Å². The molecule has 0 fully saturated rings. The van der Waals surface area contributed by atoms with E-state index in [2.05, 4.69) is 21.2 Å². The van der Waals surface area contributed by atoms with Crippen molar-refractivity contribution in [1.29, 1.82) is 0 Å². The molecule has 0 saturated carbocycles. The quantitative estimate of drug-likeness (QED) is 0.140. The molecule has 8 nitrogen and oxygen atoms in total. The molecule has 1 aromatic heterocycles. The molecular weight excluding hydrogens is 547 g/mol. The third-order valence-electron chi connectivity index (χ3n) is 5.19.